The van der Waals surface area contributed by atoms with Gasteiger partial charge >= 0.3 is 21.6 Å². The lowest BCUT2D eigenvalue weighted by Gasteiger charge is -2.47. The molecular formula is C21H25F3O9S. The lowest BCUT2D eigenvalue weighted by Crippen LogP contribution is -2.64. The normalized spacial score (nSPS) is 47.6. The van der Waals surface area contributed by atoms with E-state index in [0.717, 1.165) is 6.92 Å². The van der Waals surface area contributed by atoms with E-state index in [0.29, 0.717) is 18.4 Å². The Labute approximate surface area is 193 Å². The molecule has 5 rings (SSSR count). The fourth-order valence-electron chi connectivity index (χ4n) is 7.03. The molecule has 1 N–H and O–H groups in total. The quantitative estimate of drug-likeness (QED) is 0.262. The molecule has 13 heteroatoms. The van der Waals surface area contributed by atoms with Crippen LogP contribution in [0, 0.1) is 29.1 Å². The number of carbonyl (C=O) groups is 2. The SMILES string of the molecule is CC(=O)O[C@H]1C(C)=C[C@@]23C(=O)[C@H]([C@@H]4C[C@@H]4C[C@H]2C)[C@H](OS(=O)(=O)C(F)(F)F)C[C@H]2OC(O)O[C@@]213. The van der Waals surface area contributed by atoms with Gasteiger partial charge in [0, 0.05) is 19.3 Å². The fraction of sp³-hybridized carbons (Fsp3) is 0.810. The summed E-state index contributed by atoms with van der Waals surface area (Å²) in [5, 5.41) is 10.3. The average Bonchev–Trinajstić information content (AvgIpc) is 3.30. The largest absolute Gasteiger partial charge is 0.523 e. The summed E-state index contributed by atoms with van der Waals surface area (Å²) in [4.78, 5) is 26.3. The van der Waals surface area contributed by atoms with Crippen molar-refractivity contribution in [2.75, 3.05) is 0 Å². The minimum Gasteiger partial charge on any atom is -0.455 e. The molecule has 190 valence electrons. The summed E-state index contributed by atoms with van der Waals surface area (Å²) in [5.74, 6) is -3.20. The third-order valence-electron chi connectivity index (χ3n) is 8.21. The number of aliphatic hydroxyl groups is 1. The van der Waals surface area contributed by atoms with E-state index in [9.17, 15) is 36.3 Å². The highest BCUT2D eigenvalue weighted by Crippen LogP contribution is 2.68. The number of ketones is 1. The van der Waals surface area contributed by atoms with E-state index in [4.69, 9.17) is 18.4 Å². The second-order valence-corrected chi connectivity index (χ2v) is 11.6. The Hall–Kier alpha value is -1.54. The predicted octanol–water partition coefficient (Wildman–Crippen LogP) is 1.79. The van der Waals surface area contributed by atoms with Crippen molar-refractivity contribution in [1.29, 1.82) is 0 Å². The van der Waals surface area contributed by atoms with Gasteiger partial charge in [-0.3, -0.25) is 13.8 Å². The molecule has 4 aliphatic carbocycles. The van der Waals surface area contributed by atoms with Crippen LogP contribution in [0.3, 0.4) is 0 Å². The molecule has 1 unspecified atom stereocenters. The van der Waals surface area contributed by atoms with Crippen LogP contribution in [0.5, 0.6) is 0 Å². The smallest absolute Gasteiger partial charge is 0.455 e. The van der Waals surface area contributed by atoms with Gasteiger partial charge in [0.15, 0.2) is 17.5 Å². The minimum absolute atomic E-state index is 0.00894. The summed E-state index contributed by atoms with van der Waals surface area (Å²) in [7, 11) is -6.03. The highest BCUT2D eigenvalue weighted by molar-refractivity contribution is 7.87. The van der Waals surface area contributed by atoms with Crippen LogP contribution in [0.4, 0.5) is 13.2 Å². The number of halogens is 3. The molecule has 1 heterocycles. The maximum Gasteiger partial charge on any atom is 0.523 e. The van der Waals surface area contributed by atoms with Crippen molar-refractivity contribution >= 4 is 21.9 Å². The minimum atomic E-state index is -6.03. The molecule has 0 aromatic heterocycles. The molecule has 2 bridgehead atoms. The predicted molar refractivity (Wildman–Crippen MR) is 105 cm³/mol. The Morgan fingerprint density at radius 1 is 1.26 bits per heavy atom. The molecule has 0 aromatic carbocycles. The van der Waals surface area contributed by atoms with E-state index in [1.54, 1.807) is 19.9 Å². The number of rotatable bonds is 3. The monoisotopic (exact) mass is 510 g/mol. The number of fused-ring (bicyclic) bond motifs is 3. The zero-order valence-corrected chi connectivity index (χ0v) is 19.4. The van der Waals surface area contributed by atoms with Crippen molar-refractivity contribution < 1.29 is 54.7 Å². The molecule has 3 saturated carbocycles. The van der Waals surface area contributed by atoms with Gasteiger partial charge in [0.1, 0.15) is 6.10 Å². The van der Waals surface area contributed by atoms with Gasteiger partial charge in [0.25, 0.3) is 6.48 Å². The van der Waals surface area contributed by atoms with Crippen LogP contribution in [0.25, 0.3) is 0 Å². The molecule has 1 saturated heterocycles. The second kappa shape index (κ2) is 7.25. The van der Waals surface area contributed by atoms with Crippen LogP contribution in [0.1, 0.15) is 40.0 Å². The van der Waals surface area contributed by atoms with Crippen molar-refractivity contribution in [1.82, 2.24) is 0 Å². The lowest BCUT2D eigenvalue weighted by molar-refractivity contribution is -0.249. The summed E-state index contributed by atoms with van der Waals surface area (Å²) in [6.45, 7) is 2.73. The number of ether oxygens (including phenoxy) is 3. The number of aliphatic hydroxyl groups excluding tert-OH is 1. The van der Waals surface area contributed by atoms with Crippen molar-refractivity contribution in [3.8, 4) is 0 Å². The first-order valence-electron chi connectivity index (χ1n) is 11.1. The molecule has 34 heavy (non-hydrogen) atoms. The van der Waals surface area contributed by atoms with E-state index in [2.05, 4.69) is 0 Å². The Morgan fingerprint density at radius 3 is 2.56 bits per heavy atom. The summed E-state index contributed by atoms with van der Waals surface area (Å²) < 4.78 is 85.2. The second-order valence-electron chi connectivity index (χ2n) is 10.0. The molecule has 0 amide bonds. The Morgan fingerprint density at radius 2 is 1.94 bits per heavy atom. The molecule has 5 aliphatic rings. The molecule has 10 atom stereocenters. The van der Waals surface area contributed by atoms with Gasteiger partial charge in [-0.1, -0.05) is 13.0 Å². The van der Waals surface area contributed by atoms with Gasteiger partial charge in [-0.05, 0) is 43.1 Å². The van der Waals surface area contributed by atoms with E-state index >= 15 is 0 Å². The van der Waals surface area contributed by atoms with Crippen LogP contribution < -0.4 is 0 Å². The topological polar surface area (TPSA) is 125 Å². The first-order valence-corrected chi connectivity index (χ1v) is 12.5. The third kappa shape index (κ3) is 3.03. The van der Waals surface area contributed by atoms with Gasteiger partial charge in [0.2, 0.25) is 0 Å². The summed E-state index contributed by atoms with van der Waals surface area (Å²) >= 11 is 0. The molecular weight excluding hydrogens is 485 g/mol. The number of hydrogen-bond donors (Lipinski definition) is 1. The van der Waals surface area contributed by atoms with Gasteiger partial charge in [-0.15, -0.1) is 0 Å². The van der Waals surface area contributed by atoms with Crippen LogP contribution in [-0.2, 0) is 38.1 Å². The third-order valence-corrected chi connectivity index (χ3v) is 9.27. The molecule has 0 aromatic rings. The zero-order chi connectivity index (χ0) is 25.0. The van der Waals surface area contributed by atoms with Crippen molar-refractivity contribution in [2.45, 2.75) is 75.9 Å². The van der Waals surface area contributed by atoms with Crippen molar-refractivity contribution in [3.63, 3.8) is 0 Å². The van der Waals surface area contributed by atoms with Gasteiger partial charge in [-0.25, -0.2) is 0 Å². The van der Waals surface area contributed by atoms with Crippen LogP contribution in [-0.4, -0.2) is 61.2 Å². The number of esters is 1. The first-order chi connectivity index (χ1) is 15.7. The van der Waals surface area contributed by atoms with Gasteiger partial charge in [0.05, 0.1) is 11.5 Å². The van der Waals surface area contributed by atoms with E-state index in [1.165, 1.54) is 0 Å². The summed E-state index contributed by atoms with van der Waals surface area (Å²) in [5.41, 5.74) is -8.52. The standard InChI is InChI=1S/C21H25F3O9S/c1-8-7-19-9(2)4-11-5-12(11)15(16(19)26)13(33-34(28,29)21(22,23)24)6-14-20(19,32-18(27)31-14)17(8)30-10(3)25/h7,9,11-15,17-18,27H,4-6H2,1-3H3/t9-,11+,12-,13-,14-,15-,17+,18?,19+,20+/m1/s1. The lowest BCUT2D eigenvalue weighted by atomic mass is 9.60. The zero-order valence-electron chi connectivity index (χ0n) is 18.6. The molecule has 2 spiro atoms. The average molecular weight is 510 g/mol. The number of alkyl halides is 3. The highest BCUT2D eigenvalue weighted by Gasteiger charge is 2.79. The van der Waals surface area contributed by atoms with E-state index in [-0.39, 0.29) is 11.8 Å². The van der Waals surface area contributed by atoms with Crippen LogP contribution >= 0.6 is 0 Å². The van der Waals surface area contributed by atoms with Crippen molar-refractivity contribution in [2.24, 2.45) is 29.1 Å². The first kappa shape index (κ1) is 24.2. The van der Waals surface area contributed by atoms with Crippen LogP contribution in [0.2, 0.25) is 0 Å². The maximum atomic E-state index is 14.3. The maximum absolute atomic E-state index is 14.3. The van der Waals surface area contributed by atoms with Crippen molar-refractivity contribution in [3.05, 3.63) is 11.6 Å². The van der Waals surface area contributed by atoms with Crippen LogP contribution in [0.15, 0.2) is 11.6 Å². The number of carbonyl (C=O) groups excluding carboxylic acids is 2. The molecule has 9 nitrogen and oxygen atoms in total. The van der Waals surface area contributed by atoms with E-state index in [1.807, 2.05) is 0 Å². The Kier molecular flexibility index (Phi) is 5.15. The molecule has 1 aliphatic heterocycles. The van der Waals surface area contributed by atoms with E-state index < -0.39 is 81.4 Å². The fourth-order valence-corrected chi connectivity index (χ4v) is 7.66. The summed E-state index contributed by atoms with van der Waals surface area (Å²) in [6.07, 6.45) is -1.96. The Bertz CT molecular complexity index is 1070. The van der Waals surface area contributed by atoms with Gasteiger partial charge in [-0.2, -0.15) is 21.6 Å². The number of hydrogen-bond acceptors (Lipinski definition) is 9. The number of Topliss-reactive ketones (excluding diaryl/α,β-unsaturated/α-hetero) is 1. The molecule has 4 fully saturated rings. The molecule has 0 radical (unpaired) electrons. The Balaban J connectivity index is 1.71. The van der Waals surface area contributed by atoms with Gasteiger partial charge < -0.3 is 19.3 Å². The highest BCUT2D eigenvalue weighted by atomic mass is 32.2. The summed E-state index contributed by atoms with van der Waals surface area (Å²) in [6, 6.07) is 0.